The largest absolute Gasteiger partial charge is 0.462 e. The van der Waals surface area contributed by atoms with Crippen LogP contribution in [-0.2, 0) is 9.47 Å². The maximum absolute atomic E-state index is 11.9. The van der Waals surface area contributed by atoms with Crippen molar-refractivity contribution in [3.63, 3.8) is 0 Å². The van der Waals surface area contributed by atoms with Gasteiger partial charge in [-0.05, 0) is 31.7 Å². The molecule has 0 aromatic carbocycles. The summed E-state index contributed by atoms with van der Waals surface area (Å²) in [5.74, 6) is 0.922. The maximum Gasteiger partial charge on any atom is 0.340 e. The van der Waals surface area contributed by atoms with E-state index in [2.05, 4.69) is 9.88 Å². The van der Waals surface area contributed by atoms with Crippen molar-refractivity contribution in [3.8, 4) is 0 Å². The van der Waals surface area contributed by atoms with E-state index >= 15 is 0 Å². The average molecular weight is 293 g/mol. The number of carbonyl (C=O) groups excluding carboxylic acids is 1. The standard InChI is InChI=1S/C15H23N3O3/c1-3-21-15(19)12-8-14(17-9-13(12)16)18(2)10-11-4-6-20-7-5-11/h8-9,11H,3-7,10,16H2,1-2H3. The van der Waals surface area contributed by atoms with Gasteiger partial charge in [0.25, 0.3) is 0 Å². The highest BCUT2D eigenvalue weighted by Gasteiger charge is 2.18. The zero-order chi connectivity index (χ0) is 15.2. The summed E-state index contributed by atoms with van der Waals surface area (Å²) in [5, 5.41) is 0. The van der Waals surface area contributed by atoms with Crippen molar-refractivity contribution in [2.24, 2.45) is 5.92 Å². The molecule has 1 saturated heterocycles. The van der Waals surface area contributed by atoms with Crippen molar-refractivity contribution in [2.75, 3.05) is 44.0 Å². The quantitative estimate of drug-likeness (QED) is 0.833. The number of rotatable bonds is 5. The number of pyridine rings is 1. The lowest BCUT2D eigenvalue weighted by Crippen LogP contribution is -2.30. The summed E-state index contributed by atoms with van der Waals surface area (Å²) in [6.07, 6.45) is 3.64. The van der Waals surface area contributed by atoms with Crippen LogP contribution < -0.4 is 10.6 Å². The van der Waals surface area contributed by atoms with Gasteiger partial charge in [0.15, 0.2) is 0 Å². The van der Waals surface area contributed by atoms with Gasteiger partial charge >= 0.3 is 5.97 Å². The van der Waals surface area contributed by atoms with E-state index in [0.29, 0.717) is 23.8 Å². The minimum absolute atomic E-state index is 0.327. The summed E-state index contributed by atoms with van der Waals surface area (Å²) < 4.78 is 10.4. The molecule has 2 rings (SSSR count). The first-order chi connectivity index (χ1) is 10.1. The Morgan fingerprint density at radius 3 is 2.90 bits per heavy atom. The number of carbonyl (C=O) groups is 1. The first-order valence-electron chi connectivity index (χ1n) is 7.33. The molecular formula is C15H23N3O3. The van der Waals surface area contributed by atoms with Gasteiger partial charge in [0.1, 0.15) is 5.82 Å². The van der Waals surface area contributed by atoms with E-state index in [0.717, 1.165) is 38.4 Å². The molecule has 0 unspecified atom stereocenters. The Morgan fingerprint density at radius 2 is 2.24 bits per heavy atom. The third-order valence-electron chi connectivity index (χ3n) is 3.68. The summed E-state index contributed by atoms with van der Waals surface area (Å²) in [4.78, 5) is 18.2. The normalized spacial score (nSPS) is 15.7. The number of nitrogen functional groups attached to an aromatic ring is 1. The number of hydrogen-bond acceptors (Lipinski definition) is 6. The molecule has 2 heterocycles. The molecule has 0 bridgehead atoms. The molecule has 6 heteroatoms. The van der Waals surface area contributed by atoms with Gasteiger partial charge < -0.3 is 20.1 Å². The highest BCUT2D eigenvalue weighted by Crippen LogP contribution is 2.22. The predicted molar refractivity (Wildman–Crippen MR) is 81.4 cm³/mol. The zero-order valence-electron chi connectivity index (χ0n) is 12.7. The van der Waals surface area contributed by atoms with E-state index in [1.807, 2.05) is 7.05 Å². The van der Waals surface area contributed by atoms with Crippen LogP contribution in [0.3, 0.4) is 0 Å². The van der Waals surface area contributed by atoms with Gasteiger partial charge in [-0.1, -0.05) is 0 Å². The van der Waals surface area contributed by atoms with E-state index in [1.54, 1.807) is 13.0 Å². The molecule has 1 aromatic heterocycles. The Labute approximate surface area is 125 Å². The van der Waals surface area contributed by atoms with Crippen LogP contribution in [-0.4, -0.2) is 44.4 Å². The van der Waals surface area contributed by atoms with E-state index in [-0.39, 0.29) is 0 Å². The second-order valence-electron chi connectivity index (χ2n) is 5.29. The van der Waals surface area contributed by atoms with E-state index in [1.165, 1.54) is 6.20 Å². The summed E-state index contributed by atoms with van der Waals surface area (Å²) in [7, 11) is 1.98. The van der Waals surface area contributed by atoms with E-state index in [4.69, 9.17) is 15.2 Å². The SMILES string of the molecule is CCOC(=O)c1cc(N(C)CC2CCOCC2)ncc1N. The zero-order valence-corrected chi connectivity index (χ0v) is 12.7. The van der Waals surface area contributed by atoms with Crippen LogP contribution in [0.4, 0.5) is 11.5 Å². The molecule has 0 radical (unpaired) electrons. The molecule has 21 heavy (non-hydrogen) atoms. The lowest BCUT2D eigenvalue weighted by molar-refractivity contribution is 0.0527. The van der Waals surface area contributed by atoms with Crippen LogP contribution >= 0.6 is 0 Å². The molecule has 0 saturated carbocycles. The summed E-state index contributed by atoms with van der Waals surface area (Å²) in [5.41, 5.74) is 6.53. The fourth-order valence-corrected chi connectivity index (χ4v) is 2.46. The predicted octanol–water partition coefficient (Wildman–Crippen LogP) is 1.70. The van der Waals surface area contributed by atoms with Crippen LogP contribution in [0.2, 0.25) is 0 Å². The van der Waals surface area contributed by atoms with Crippen LogP contribution in [0, 0.1) is 5.92 Å². The number of nitrogens with two attached hydrogens (primary N) is 1. The van der Waals surface area contributed by atoms with Crippen LogP contribution in [0.15, 0.2) is 12.3 Å². The number of esters is 1. The topological polar surface area (TPSA) is 77.7 Å². The highest BCUT2D eigenvalue weighted by molar-refractivity contribution is 5.95. The van der Waals surface area contributed by atoms with Crippen LogP contribution in [0.5, 0.6) is 0 Å². The fourth-order valence-electron chi connectivity index (χ4n) is 2.46. The lowest BCUT2D eigenvalue weighted by Gasteiger charge is -2.28. The molecule has 116 valence electrons. The third kappa shape index (κ3) is 4.07. The van der Waals surface area contributed by atoms with Crippen molar-refractivity contribution in [1.29, 1.82) is 0 Å². The number of anilines is 2. The second kappa shape index (κ2) is 7.26. The Bertz CT molecular complexity index is 487. The molecule has 1 aliphatic heterocycles. The first kappa shape index (κ1) is 15.6. The van der Waals surface area contributed by atoms with Crippen molar-refractivity contribution >= 4 is 17.5 Å². The third-order valence-corrected chi connectivity index (χ3v) is 3.68. The molecule has 0 aliphatic carbocycles. The molecule has 1 aliphatic rings. The van der Waals surface area contributed by atoms with Gasteiger partial charge in [0, 0.05) is 26.8 Å². The number of hydrogen-bond donors (Lipinski definition) is 1. The molecule has 1 fully saturated rings. The molecule has 2 N–H and O–H groups in total. The first-order valence-corrected chi connectivity index (χ1v) is 7.33. The van der Waals surface area contributed by atoms with E-state index < -0.39 is 5.97 Å². The maximum atomic E-state index is 11.9. The average Bonchev–Trinajstić information content (AvgIpc) is 2.48. The number of aromatic nitrogens is 1. The molecular weight excluding hydrogens is 270 g/mol. The van der Waals surface area contributed by atoms with Gasteiger partial charge in [-0.15, -0.1) is 0 Å². The van der Waals surface area contributed by atoms with E-state index in [9.17, 15) is 4.79 Å². The van der Waals surface area contributed by atoms with Crippen molar-refractivity contribution in [3.05, 3.63) is 17.8 Å². The van der Waals surface area contributed by atoms with Crippen molar-refractivity contribution in [1.82, 2.24) is 4.98 Å². The molecule has 0 spiro atoms. The van der Waals surface area contributed by atoms with Gasteiger partial charge in [-0.3, -0.25) is 0 Å². The van der Waals surface area contributed by atoms with Crippen molar-refractivity contribution < 1.29 is 14.3 Å². The van der Waals surface area contributed by atoms with Gasteiger partial charge in [-0.25, -0.2) is 9.78 Å². The molecule has 1 aromatic rings. The smallest absolute Gasteiger partial charge is 0.340 e. The fraction of sp³-hybridized carbons (Fsp3) is 0.600. The summed E-state index contributed by atoms with van der Waals surface area (Å²) in [6, 6.07) is 1.70. The monoisotopic (exact) mass is 293 g/mol. The van der Waals surface area contributed by atoms with Crippen LogP contribution in [0.1, 0.15) is 30.1 Å². The Morgan fingerprint density at radius 1 is 1.52 bits per heavy atom. The Balaban J connectivity index is 2.08. The summed E-state index contributed by atoms with van der Waals surface area (Å²) >= 11 is 0. The Hall–Kier alpha value is -1.82. The van der Waals surface area contributed by atoms with Gasteiger partial charge in [-0.2, -0.15) is 0 Å². The number of nitrogens with zero attached hydrogens (tertiary/aromatic N) is 2. The molecule has 0 atom stereocenters. The van der Waals surface area contributed by atoms with Gasteiger partial charge in [0.05, 0.1) is 24.1 Å². The summed E-state index contributed by atoms with van der Waals surface area (Å²) in [6.45, 7) is 4.63. The minimum Gasteiger partial charge on any atom is -0.462 e. The highest BCUT2D eigenvalue weighted by atomic mass is 16.5. The Kier molecular flexibility index (Phi) is 5.38. The number of ether oxygens (including phenoxy) is 2. The second-order valence-corrected chi connectivity index (χ2v) is 5.29. The minimum atomic E-state index is -0.405. The lowest BCUT2D eigenvalue weighted by atomic mass is 10.00. The molecule has 0 amide bonds. The molecule has 6 nitrogen and oxygen atoms in total. The van der Waals surface area contributed by atoms with Crippen molar-refractivity contribution in [2.45, 2.75) is 19.8 Å². The van der Waals surface area contributed by atoms with Gasteiger partial charge in [0.2, 0.25) is 0 Å². The van der Waals surface area contributed by atoms with Crippen LogP contribution in [0.25, 0.3) is 0 Å².